The molecule has 0 spiro atoms. The Morgan fingerprint density at radius 3 is 2.83 bits per heavy atom. The molecule has 1 aromatic carbocycles. The molecule has 3 rings (SSSR count). The fraction of sp³-hybridized carbons (Fsp3) is 0.0556. The summed E-state index contributed by atoms with van der Waals surface area (Å²) in [6.07, 6.45) is 5.06. The second-order valence-corrected chi connectivity index (χ2v) is 5.75. The summed E-state index contributed by atoms with van der Waals surface area (Å²) in [5.74, 6) is -0.260. The minimum Gasteiger partial charge on any atom is -0.288 e. The summed E-state index contributed by atoms with van der Waals surface area (Å²) in [5, 5.41) is 17.1. The molecule has 0 radical (unpaired) electrons. The summed E-state index contributed by atoms with van der Waals surface area (Å²) in [6, 6.07) is 13.7. The van der Waals surface area contributed by atoms with Gasteiger partial charge in [0, 0.05) is 22.7 Å². The molecule has 112 valence electrons. The van der Waals surface area contributed by atoms with Crippen LogP contribution in [0.2, 0.25) is 0 Å². The zero-order valence-corrected chi connectivity index (χ0v) is 13.0. The van der Waals surface area contributed by atoms with Crippen LogP contribution in [0, 0.1) is 11.3 Å². The van der Waals surface area contributed by atoms with Crippen molar-refractivity contribution in [2.75, 3.05) is 0 Å². The van der Waals surface area contributed by atoms with Crippen molar-refractivity contribution in [1.29, 1.82) is 5.26 Å². The Bertz CT molecular complexity index is 871. The van der Waals surface area contributed by atoms with Crippen LogP contribution in [0.4, 0.5) is 0 Å². The van der Waals surface area contributed by atoms with Gasteiger partial charge >= 0.3 is 0 Å². The molecule has 0 unspecified atom stereocenters. The molecule has 0 aliphatic carbocycles. The molecule has 0 amide bonds. The number of carbonyl (C=O) groups excluding carboxylic acids is 1. The minimum atomic E-state index is -0.260. The number of nitriles is 1. The van der Waals surface area contributed by atoms with Crippen LogP contribution in [0.25, 0.3) is 6.08 Å². The lowest BCUT2D eigenvalue weighted by molar-refractivity contribution is 0.104. The number of nitrogens with zero attached hydrogens (tertiary/aromatic N) is 3. The molecule has 0 N–H and O–H groups in total. The summed E-state index contributed by atoms with van der Waals surface area (Å²) in [4.78, 5) is 12.2. The van der Waals surface area contributed by atoms with Crippen LogP contribution in [-0.2, 0) is 6.54 Å². The number of benzene rings is 1. The van der Waals surface area contributed by atoms with Crippen molar-refractivity contribution in [3.05, 3.63) is 81.8 Å². The summed E-state index contributed by atoms with van der Waals surface area (Å²) >= 11 is 1.43. The first kappa shape index (κ1) is 14.9. The van der Waals surface area contributed by atoms with Crippen LogP contribution in [0.5, 0.6) is 0 Å². The molecule has 0 bridgehead atoms. The highest BCUT2D eigenvalue weighted by Crippen LogP contribution is 2.15. The van der Waals surface area contributed by atoms with Gasteiger partial charge in [0.1, 0.15) is 11.6 Å². The van der Waals surface area contributed by atoms with Gasteiger partial charge in [0.05, 0.1) is 12.7 Å². The summed E-state index contributed by atoms with van der Waals surface area (Å²) in [7, 11) is 0. The number of hydrogen-bond donors (Lipinski definition) is 0. The van der Waals surface area contributed by atoms with Gasteiger partial charge in [-0.2, -0.15) is 21.7 Å². The highest BCUT2D eigenvalue weighted by Gasteiger charge is 2.12. The van der Waals surface area contributed by atoms with E-state index in [0.29, 0.717) is 12.1 Å². The van der Waals surface area contributed by atoms with Crippen molar-refractivity contribution in [1.82, 2.24) is 9.78 Å². The minimum absolute atomic E-state index is 0.114. The average Bonchev–Trinajstić information content (AvgIpc) is 3.25. The zero-order valence-electron chi connectivity index (χ0n) is 12.2. The molecule has 0 aliphatic heterocycles. The second kappa shape index (κ2) is 6.86. The normalized spacial score (nSPS) is 11.2. The number of hydrogen-bond acceptors (Lipinski definition) is 4. The standard InChI is InChI=1S/C18H13N3OS/c19-9-17(18(22)16-6-7-23-13-16)8-15-10-20-21(12-15)11-14-4-2-1-3-5-14/h1-8,10,12-13H,11H2/b17-8+. The van der Waals surface area contributed by atoms with Gasteiger partial charge in [-0.15, -0.1) is 0 Å². The Kier molecular flexibility index (Phi) is 4.46. The van der Waals surface area contributed by atoms with Gasteiger partial charge in [-0.3, -0.25) is 9.48 Å². The number of thiophene rings is 1. The summed E-state index contributed by atoms with van der Waals surface area (Å²) < 4.78 is 1.78. The lowest BCUT2D eigenvalue weighted by atomic mass is 10.1. The first-order valence-corrected chi connectivity index (χ1v) is 7.95. The first-order chi connectivity index (χ1) is 11.3. The van der Waals surface area contributed by atoms with Gasteiger partial charge in [-0.25, -0.2) is 0 Å². The third kappa shape index (κ3) is 3.62. The highest BCUT2D eigenvalue weighted by atomic mass is 32.1. The van der Waals surface area contributed by atoms with Crippen LogP contribution in [-0.4, -0.2) is 15.6 Å². The van der Waals surface area contributed by atoms with Crippen molar-refractivity contribution < 1.29 is 4.79 Å². The van der Waals surface area contributed by atoms with Crippen LogP contribution in [0.3, 0.4) is 0 Å². The van der Waals surface area contributed by atoms with Gasteiger partial charge in [-0.1, -0.05) is 30.3 Å². The smallest absolute Gasteiger partial charge is 0.204 e. The van der Waals surface area contributed by atoms with Crippen molar-refractivity contribution >= 4 is 23.2 Å². The lowest BCUT2D eigenvalue weighted by Crippen LogP contribution is -2.00. The van der Waals surface area contributed by atoms with Crippen LogP contribution in [0.1, 0.15) is 21.5 Å². The maximum Gasteiger partial charge on any atom is 0.204 e. The second-order valence-electron chi connectivity index (χ2n) is 4.97. The van der Waals surface area contributed by atoms with E-state index in [1.165, 1.54) is 11.3 Å². The Labute approximate surface area is 137 Å². The Hall–Kier alpha value is -2.97. The quantitative estimate of drug-likeness (QED) is 0.408. The number of Topliss-reactive ketones (excluding diaryl/α,β-unsaturated/α-hetero) is 1. The monoisotopic (exact) mass is 319 g/mol. The molecular formula is C18H13N3OS. The van der Waals surface area contributed by atoms with Crippen molar-refractivity contribution in [3.63, 3.8) is 0 Å². The summed E-state index contributed by atoms with van der Waals surface area (Å²) in [6.45, 7) is 0.648. The van der Waals surface area contributed by atoms with E-state index < -0.39 is 0 Å². The van der Waals surface area contributed by atoms with E-state index in [2.05, 4.69) is 5.10 Å². The number of carbonyl (C=O) groups is 1. The molecule has 0 fully saturated rings. The zero-order chi connectivity index (χ0) is 16.1. The van der Waals surface area contributed by atoms with E-state index >= 15 is 0 Å². The molecule has 0 aliphatic rings. The molecule has 5 heteroatoms. The van der Waals surface area contributed by atoms with Crippen molar-refractivity contribution in [3.8, 4) is 6.07 Å². The van der Waals surface area contributed by atoms with Crippen LogP contribution < -0.4 is 0 Å². The van der Waals surface area contributed by atoms with E-state index in [4.69, 9.17) is 0 Å². The molecule has 0 saturated heterocycles. The van der Waals surface area contributed by atoms with E-state index in [9.17, 15) is 10.1 Å². The molecular weight excluding hydrogens is 306 g/mol. The van der Waals surface area contributed by atoms with Crippen molar-refractivity contribution in [2.45, 2.75) is 6.54 Å². The molecule has 2 aromatic heterocycles. The predicted molar refractivity (Wildman–Crippen MR) is 90.0 cm³/mol. The van der Waals surface area contributed by atoms with Gasteiger partial charge in [0.25, 0.3) is 0 Å². The fourth-order valence-corrected chi connectivity index (χ4v) is 2.81. The lowest BCUT2D eigenvalue weighted by Gasteiger charge is -2.00. The largest absolute Gasteiger partial charge is 0.288 e. The Morgan fingerprint density at radius 2 is 2.13 bits per heavy atom. The van der Waals surface area contributed by atoms with Gasteiger partial charge in [-0.05, 0) is 23.1 Å². The molecule has 23 heavy (non-hydrogen) atoms. The highest BCUT2D eigenvalue weighted by molar-refractivity contribution is 7.08. The van der Waals surface area contributed by atoms with Crippen LogP contribution >= 0.6 is 11.3 Å². The average molecular weight is 319 g/mol. The maximum absolute atomic E-state index is 12.2. The Morgan fingerprint density at radius 1 is 1.30 bits per heavy atom. The first-order valence-electron chi connectivity index (χ1n) is 7.01. The van der Waals surface area contributed by atoms with Gasteiger partial charge in [0.15, 0.2) is 0 Å². The van der Waals surface area contributed by atoms with E-state index in [0.717, 1.165) is 11.1 Å². The molecule has 0 atom stereocenters. The third-order valence-electron chi connectivity index (χ3n) is 3.30. The maximum atomic E-state index is 12.2. The van der Waals surface area contributed by atoms with Gasteiger partial charge < -0.3 is 0 Å². The number of aromatic nitrogens is 2. The molecule has 0 saturated carbocycles. The van der Waals surface area contributed by atoms with E-state index in [1.54, 1.807) is 28.4 Å². The van der Waals surface area contributed by atoms with E-state index in [-0.39, 0.29) is 11.4 Å². The predicted octanol–water partition coefficient (Wildman–Crippen LogP) is 3.78. The fourth-order valence-electron chi connectivity index (χ4n) is 2.18. The molecule has 2 heterocycles. The van der Waals surface area contributed by atoms with Crippen molar-refractivity contribution in [2.24, 2.45) is 0 Å². The topological polar surface area (TPSA) is 58.7 Å². The number of allylic oxidation sites excluding steroid dienone is 1. The van der Waals surface area contributed by atoms with Gasteiger partial charge in [0.2, 0.25) is 5.78 Å². The molecule has 3 aromatic rings. The number of rotatable bonds is 5. The molecule has 4 nitrogen and oxygen atoms in total. The summed E-state index contributed by atoms with van der Waals surface area (Å²) in [5.41, 5.74) is 2.53. The Balaban J connectivity index is 1.79. The van der Waals surface area contributed by atoms with Crippen LogP contribution in [0.15, 0.2) is 65.1 Å². The SMILES string of the molecule is N#C/C(=C\c1cnn(Cc2ccccc2)c1)C(=O)c1ccsc1. The van der Waals surface area contributed by atoms with E-state index in [1.807, 2.05) is 48.0 Å². The number of ketones is 1. The third-order valence-corrected chi connectivity index (χ3v) is 3.98.